The minimum Gasteiger partial charge on any atom is -0.357 e. The van der Waals surface area contributed by atoms with Crippen LogP contribution in [0, 0.1) is 11.8 Å². The Morgan fingerprint density at radius 1 is 1.11 bits per heavy atom. The number of halogens is 1. The molecule has 0 aliphatic carbocycles. The van der Waals surface area contributed by atoms with Crippen molar-refractivity contribution in [2.75, 3.05) is 26.2 Å². The van der Waals surface area contributed by atoms with Crippen molar-refractivity contribution in [1.82, 2.24) is 15.1 Å². The molecule has 2 aliphatic heterocycles. The van der Waals surface area contributed by atoms with Gasteiger partial charge < -0.3 is 15.1 Å². The van der Waals surface area contributed by atoms with Gasteiger partial charge in [-0.3, -0.25) is 9.79 Å². The summed E-state index contributed by atoms with van der Waals surface area (Å²) in [4.78, 5) is 21.7. The molecule has 2 unspecified atom stereocenters. The number of guanidine groups is 1. The van der Waals surface area contributed by atoms with Gasteiger partial charge in [0.15, 0.2) is 5.96 Å². The van der Waals surface area contributed by atoms with Crippen molar-refractivity contribution in [3.8, 4) is 0 Å². The number of carbonyl (C=O) groups is 1. The lowest BCUT2D eigenvalue weighted by atomic mass is 9.92. The van der Waals surface area contributed by atoms with E-state index in [1.54, 1.807) is 0 Å². The Balaban J connectivity index is 0.00000280. The monoisotopic (exact) mass is 498 g/mol. The summed E-state index contributed by atoms with van der Waals surface area (Å²) in [5, 5.41) is 3.43. The van der Waals surface area contributed by atoms with E-state index in [0.717, 1.165) is 45.1 Å². The van der Waals surface area contributed by atoms with Crippen molar-refractivity contribution < 1.29 is 4.79 Å². The highest BCUT2D eigenvalue weighted by Gasteiger charge is 2.24. The normalized spacial score (nSPS) is 21.9. The summed E-state index contributed by atoms with van der Waals surface area (Å²) in [5.41, 5.74) is 2.57. The number of benzene rings is 1. The average Bonchev–Trinajstić information content (AvgIpc) is 3.07. The van der Waals surface area contributed by atoms with E-state index in [1.807, 2.05) is 17.0 Å². The van der Waals surface area contributed by atoms with Gasteiger partial charge in [-0.25, -0.2) is 0 Å². The molecule has 2 atom stereocenters. The minimum absolute atomic E-state index is 0. The first-order valence-electron chi connectivity index (χ1n) is 10.4. The van der Waals surface area contributed by atoms with Crippen molar-refractivity contribution in [2.24, 2.45) is 16.8 Å². The van der Waals surface area contributed by atoms with Crippen LogP contribution in [0.3, 0.4) is 0 Å². The van der Waals surface area contributed by atoms with Crippen molar-refractivity contribution in [1.29, 1.82) is 0 Å². The molecule has 1 N–H and O–H groups in total. The third-order valence-electron chi connectivity index (χ3n) is 5.51. The molecule has 1 fully saturated rings. The van der Waals surface area contributed by atoms with Crippen LogP contribution in [-0.4, -0.2) is 47.8 Å². The summed E-state index contributed by atoms with van der Waals surface area (Å²) in [6, 6.07) is 8.34. The fraction of sp³-hybridized carbons (Fsp3) is 0.636. The predicted molar refractivity (Wildman–Crippen MR) is 126 cm³/mol. The van der Waals surface area contributed by atoms with Crippen LogP contribution in [0.2, 0.25) is 0 Å². The lowest BCUT2D eigenvalue weighted by Crippen LogP contribution is -2.48. The molecule has 28 heavy (non-hydrogen) atoms. The number of carbonyl (C=O) groups excluding carboxylic acids is 1. The number of hydrogen-bond acceptors (Lipinski definition) is 2. The average molecular weight is 498 g/mol. The van der Waals surface area contributed by atoms with Gasteiger partial charge in [0.1, 0.15) is 0 Å². The van der Waals surface area contributed by atoms with E-state index >= 15 is 0 Å². The SMILES string of the molecule is CCNC(=NCCCC(=O)N1Cc2ccccc2C1)N1CC(C)CC(C)C1.I. The first kappa shape index (κ1) is 23.0. The second kappa shape index (κ2) is 11.0. The number of likely N-dealkylation sites (tertiary alicyclic amines) is 1. The lowest BCUT2D eigenvalue weighted by Gasteiger charge is -2.37. The van der Waals surface area contributed by atoms with Gasteiger partial charge in [-0.05, 0) is 42.7 Å². The molecule has 0 bridgehead atoms. The first-order valence-corrected chi connectivity index (χ1v) is 10.4. The molecular weight excluding hydrogens is 463 g/mol. The summed E-state index contributed by atoms with van der Waals surface area (Å²) < 4.78 is 0. The van der Waals surface area contributed by atoms with Gasteiger partial charge in [0.05, 0.1) is 0 Å². The number of amides is 1. The highest BCUT2D eigenvalue weighted by atomic mass is 127. The Kier molecular flexibility index (Phi) is 9.05. The maximum Gasteiger partial charge on any atom is 0.223 e. The van der Waals surface area contributed by atoms with Crippen molar-refractivity contribution in [3.05, 3.63) is 35.4 Å². The molecule has 2 heterocycles. The smallest absolute Gasteiger partial charge is 0.223 e. The molecule has 0 radical (unpaired) electrons. The first-order chi connectivity index (χ1) is 13.1. The molecule has 3 rings (SSSR count). The number of rotatable bonds is 5. The van der Waals surface area contributed by atoms with Crippen LogP contribution in [0.25, 0.3) is 0 Å². The molecule has 1 aromatic rings. The molecular formula is C22H35IN4O. The highest BCUT2D eigenvalue weighted by molar-refractivity contribution is 14.0. The molecule has 2 aliphatic rings. The molecule has 0 saturated carbocycles. The number of fused-ring (bicyclic) bond motifs is 1. The Bertz CT molecular complexity index is 643. The topological polar surface area (TPSA) is 47.9 Å². The van der Waals surface area contributed by atoms with Crippen LogP contribution in [0.1, 0.15) is 51.2 Å². The zero-order valence-electron chi connectivity index (χ0n) is 17.5. The number of hydrogen-bond donors (Lipinski definition) is 1. The lowest BCUT2D eigenvalue weighted by molar-refractivity contribution is -0.131. The molecule has 0 aromatic heterocycles. The Labute approximate surface area is 187 Å². The molecule has 1 saturated heterocycles. The van der Waals surface area contributed by atoms with Crippen molar-refractivity contribution in [2.45, 2.75) is 53.1 Å². The highest BCUT2D eigenvalue weighted by Crippen LogP contribution is 2.23. The quantitative estimate of drug-likeness (QED) is 0.290. The maximum atomic E-state index is 12.5. The third kappa shape index (κ3) is 6.09. The summed E-state index contributed by atoms with van der Waals surface area (Å²) >= 11 is 0. The fourth-order valence-electron chi connectivity index (χ4n) is 4.34. The van der Waals surface area contributed by atoms with E-state index in [-0.39, 0.29) is 29.9 Å². The van der Waals surface area contributed by atoms with Gasteiger partial charge in [0.25, 0.3) is 0 Å². The maximum absolute atomic E-state index is 12.5. The van der Waals surface area contributed by atoms with Gasteiger partial charge >= 0.3 is 0 Å². The summed E-state index contributed by atoms with van der Waals surface area (Å²) in [7, 11) is 0. The fourth-order valence-corrected chi connectivity index (χ4v) is 4.34. The van der Waals surface area contributed by atoms with Crippen LogP contribution in [0.5, 0.6) is 0 Å². The van der Waals surface area contributed by atoms with Gasteiger partial charge in [-0.15, -0.1) is 24.0 Å². The number of nitrogens with one attached hydrogen (secondary N) is 1. The Hall–Kier alpha value is -1.31. The second-order valence-corrected chi connectivity index (χ2v) is 8.21. The van der Waals surface area contributed by atoms with Crippen LogP contribution in [0.4, 0.5) is 0 Å². The van der Waals surface area contributed by atoms with E-state index in [4.69, 9.17) is 4.99 Å². The standard InChI is InChI=1S/C22H34N4O.HI/c1-4-23-22(26-13-17(2)12-18(3)14-26)24-11-7-10-21(27)25-15-19-8-5-6-9-20(19)16-25;/h5-6,8-9,17-18H,4,7,10-16H2,1-3H3,(H,23,24);1H. The summed E-state index contributed by atoms with van der Waals surface area (Å²) in [6.45, 7) is 12.0. The number of aliphatic imine (C=N–C) groups is 1. The zero-order valence-corrected chi connectivity index (χ0v) is 19.8. The molecule has 0 spiro atoms. The number of nitrogens with zero attached hydrogens (tertiary/aromatic N) is 3. The van der Waals surface area contributed by atoms with Gasteiger partial charge in [0.2, 0.25) is 5.91 Å². The third-order valence-corrected chi connectivity index (χ3v) is 5.51. The Morgan fingerprint density at radius 2 is 1.71 bits per heavy atom. The summed E-state index contributed by atoms with van der Waals surface area (Å²) in [5.74, 6) is 2.66. The molecule has 6 heteroatoms. The molecule has 1 aromatic carbocycles. The van der Waals surface area contributed by atoms with Crippen LogP contribution >= 0.6 is 24.0 Å². The molecule has 1 amide bonds. The van der Waals surface area contributed by atoms with Crippen molar-refractivity contribution in [3.63, 3.8) is 0 Å². The minimum atomic E-state index is 0. The summed E-state index contributed by atoms with van der Waals surface area (Å²) in [6.07, 6.45) is 2.67. The van der Waals surface area contributed by atoms with Gasteiger partial charge in [-0.1, -0.05) is 38.1 Å². The van der Waals surface area contributed by atoms with Gasteiger partial charge in [0, 0.05) is 45.7 Å². The van der Waals surface area contributed by atoms with Crippen molar-refractivity contribution >= 4 is 35.8 Å². The zero-order chi connectivity index (χ0) is 19.2. The molecule has 5 nitrogen and oxygen atoms in total. The Morgan fingerprint density at radius 3 is 2.29 bits per heavy atom. The van der Waals surface area contributed by atoms with Crippen LogP contribution in [0.15, 0.2) is 29.3 Å². The van der Waals surface area contributed by atoms with Gasteiger partial charge in [-0.2, -0.15) is 0 Å². The van der Waals surface area contributed by atoms with E-state index in [9.17, 15) is 4.79 Å². The van der Waals surface area contributed by atoms with E-state index in [1.165, 1.54) is 17.5 Å². The number of piperidine rings is 1. The van der Waals surface area contributed by atoms with E-state index in [2.05, 4.69) is 43.1 Å². The molecule has 156 valence electrons. The van der Waals surface area contributed by atoms with Crippen LogP contribution in [-0.2, 0) is 17.9 Å². The predicted octanol–water partition coefficient (Wildman–Crippen LogP) is 3.87. The largest absolute Gasteiger partial charge is 0.357 e. The van der Waals surface area contributed by atoms with Crippen LogP contribution < -0.4 is 5.32 Å². The van der Waals surface area contributed by atoms with E-state index in [0.29, 0.717) is 24.8 Å². The van der Waals surface area contributed by atoms with E-state index < -0.39 is 0 Å². The second-order valence-electron chi connectivity index (χ2n) is 8.21.